The summed E-state index contributed by atoms with van der Waals surface area (Å²) in [7, 11) is 0. The summed E-state index contributed by atoms with van der Waals surface area (Å²) >= 11 is 0. The lowest BCUT2D eigenvalue weighted by Gasteiger charge is -2.20. The molecule has 8 heteroatoms. The minimum atomic E-state index is -0.975. The number of hydrogen-bond acceptors (Lipinski definition) is 3. The summed E-state index contributed by atoms with van der Waals surface area (Å²) in [4.78, 5) is 26.2. The Kier molecular flexibility index (Phi) is 5.62. The van der Waals surface area contributed by atoms with Gasteiger partial charge in [-0.2, -0.15) is 0 Å². The smallest absolute Gasteiger partial charge is 0.261 e. The number of carbonyl (C=O) groups excluding carboxylic acids is 2. The van der Waals surface area contributed by atoms with E-state index >= 15 is 0 Å². The van der Waals surface area contributed by atoms with E-state index in [4.69, 9.17) is 4.74 Å². The van der Waals surface area contributed by atoms with Crippen LogP contribution in [-0.2, 0) is 17.9 Å². The number of rotatable bonds is 4. The molecule has 1 aliphatic rings. The first-order chi connectivity index (χ1) is 14.9. The summed E-state index contributed by atoms with van der Waals surface area (Å²) in [5.74, 6) is -3.20. The number of amides is 2. The molecule has 31 heavy (non-hydrogen) atoms. The Morgan fingerprint density at radius 1 is 0.968 bits per heavy atom. The zero-order valence-corrected chi connectivity index (χ0v) is 16.2. The molecule has 3 aromatic carbocycles. The van der Waals surface area contributed by atoms with Crippen LogP contribution in [0.2, 0.25) is 0 Å². The molecule has 0 unspecified atom stereocenters. The molecule has 158 valence electrons. The van der Waals surface area contributed by atoms with Crippen LogP contribution >= 0.6 is 0 Å². The molecule has 0 aliphatic carbocycles. The zero-order chi connectivity index (χ0) is 22.0. The minimum absolute atomic E-state index is 0.0470. The van der Waals surface area contributed by atoms with Crippen molar-refractivity contribution >= 4 is 17.5 Å². The first-order valence-electron chi connectivity index (χ1n) is 9.44. The van der Waals surface area contributed by atoms with Gasteiger partial charge in [-0.15, -0.1) is 0 Å². The highest BCUT2D eigenvalue weighted by Gasteiger charge is 2.24. The molecule has 0 bridgehead atoms. The third kappa shape index (κ3) is 4.37. The van der Waals surface area contributed by atoms with Gasteiger partial charge in [0, 0.05) is 29.9 Å². The fourth-order valence-corrected chi connectivity index (χ4v) is 3.33. The van der Waals surface area contributed by atoms with Crippen molar-refractivity contribution in [2.75, 3.05) is 11.9 Å². The summed E-state index contributed by atoms with van der Waals surface area (Å²) in [5, 5.41) is 2.46. The predicted molar refractivity (Wildman–Crippen MR) is 107 cm³/mol. The average Bonchev–Trinajstić information content (AvgIpc) is 2.88. The Morgan fingerprint density at radius 3 is 2.42 bits per heavy atom. The summed E-state index contributed by atoms with van der Waals surface area (Å²) in [6.45, 7) is -0.0564. The van der Waals surface area contributed by atoms with Crippen molar-refractivity contribution in [3.05, 3.63) is 94.8 Å². The molecule has 0 saturated heterocycles. The molecule has 0 spiro atoms. The third-order valence-corrected chi connectivity index (χ3v) is 4.89. The molecule has 2 amide bonds. The first kappa shape index (κ1) is 20.5. The highest BCUT2D eigenvalue weighted by atomic mass is 19.1. The van der Waals surface area contributed by atoms with E-state index in [0.717, 1.165) is 12.1 Å². The van der Waals surface area contributed by atoms with Crippen molar-refractivity contribution in [1.29, 1.82) is 0 Å². The van der Waals surface area contributed by atoms with Crippen molar-refractivity contribution in [3.63, 3.8) is 0 Å². The molecule has 0 aromatic heterocycles. The van der Waals surface area contributed by atoms with Gasteiger partial charge in [0.15, 0.2) is 6.61 Å². The average molecular weight is 426 g/mol. The summed E-state index contributed by atoms with van der Waals surface area (Å²) in [5.41, 5.74) is 0.507. The van der Waals surface area contributed by atoms with E-state index in [1.54, 1.807) is 30.3 Å². The molecule has 0 radical (unpaired) electrons. The van der Waals surface area contributed by atoms with Gasteiger partial charge in [0.25, 0.3) is 11.8 Å². The maximum absolute atomic E-state index is 14.0. The van der Waals surface area contributed by atoms with E-state index in [1.165, 1.54) is 23.1 Å². The predicted octanol–water partition coefficient (Wildman–Crippen LogP) is 4.28. The number of ether oxygens (including phenoxy) is 1. The largest absolute Gasteiger partial charge is 0.483 e. The number of hydrogen-bond donors (Lipinski definition) is 1. The van der Waals surface area contributed by atoms with Crippen LogP contribution in [0.25, 0.3) is 0 Å². The number of carbonyl (C=O) groups is 2. The number of halogens is 3. The van der Waals surface area contributed by atoms with Gasteiger partial charge in [0.05, 0.1) is 0 Å². The highest BCUT2D eigenvalue weighted by molar-refractivity contribution is 6.04. The van der Waals surface area contributed by atoms with Crippen LogP contribution in [0.15, 0.2) is 60.7 Å². The maximum atomic E-state index is 14.0. The van der Waals surface area contributed by atoms with Crippen molar-refractivity contribution in [1.82, 2.24) is 4.90 Å². The van der Waals surface area contributed by atoms with Crippen LogP contribution in [0.3, 0.4) is 0 Å². The summed E-state index contributed by atoms with van der Waals surface area (Å²) in [6, 6.07) is 13.9. The lowest BCUT2D eigenvalue weighted by Crippen LogP contribution is -2.32. The molecule has 0 atom stereocenters. The Morgan fingerprint density at radius 2 is 1.68 bits per heavy atom. The second-order valence-corrected chi connectivity index (χ2v) is 7.00. The molecule has 4 rings (SSSR count). The fourth-order valence-electron chi connectivity index (χ4n) is 3.33. The molecule has 1 aliphatic heterocycles. The van der Waals surface area contributed by atoms with Gasteiger partial charge < -0.3 is 15.0 Å². The zero-order valence-electron chi connectivity index (χ0n) is 16.2. The Labute approximate surface area is 176 Å². The summed E-state index contributed by atoms with van der Waals surface area (Å²) < 4.78 is 47.3. The maximum Gasteiger partial charge on any atom is 0.261 e. The Hall–Kier alpha value is -3.81. The third-order valence-electron chi connectivity index (χ3n) is 4.89. The van der Waals surface area contributed by atoms with Crippen LogP contribution in [0.5, 0.6) is 5.75 Å². The molecule has 3 aromatic rings. The quantitative estimate of drug-likeness (QED) is 0.678. The van der Waals surface area contributed by atoms with E-state index in [0.29, 0.717) is 16.9 Å². The molecular weight excluding hydrogens is 409 g/mol. The van der Waals surface area contributed by atoms with Crippen molar-refractivity contribution in [2.45, 2.75) is 13.1 Å². The van der Waals surface area contributed by atoms with E-state index in [1.807, 2.05) is 0 Å². The molecule has 1 N–H and O–H groups in total. The summed E-state index contributed by atoms with van der Waals surface area (Å²) in [6.07, 6.45) is 0. The van der Waals surface area contributed by atoms with Gasteiger partial charge in [-0.25, -0.2) is 13.2 Å². The van der Waals surface area contributed by atoms with Crippen LogP contribution < -0.4 is 10.1 Å². The van der Waals surface area contributed by atoms with Crippen molar-refractivity contribution in [2.24, 2.45) is 0 Å². The van der Waals surface area contributed by atoms with E-state index in [9.17, 15) is 22.8 Å². The van der Waals surface area contributed by atoms with Gasteiger partial charge in [-0.05, 0) is 36.4 Å². The number of benzene rings is 3. The lowest BCUT2D eigenvalue weighted by molar-refractivity contribution is -0.133. The van der Waals surface area contributed by atoms with E-state index in [-0.39, 0.29) is 31.3 Å². The van der Waals surface area contributed by atoms with Crippen LogP contribution in [0, 0.1) is 17.5 Å². The van der Waals surface area contributed by atoms with Crippen molar-refractivity contribution < 1.29 is 27.5 Å². The van der Waals surface area contributed by atoms with Crippen LogP contribution in [0.4, 0.5) is 18.9 Å². The SMILES string of the molecule is O=C(Nc1ccc2c(c1)CN(Cc1ccccc1F)C(=O)CO2)c1c(F)cccc1F. The molecule has 5 nitrogen and oxygen atoms in total. The molecule has 1 heterocycles. The molecule has 0 fully saturated rings. The van der Waals surface area contributed by atoms with E-state index in [2.05, 4.69) is 5.32 Å². The van der Waals surface area contributed by atoms with Gasteiger partial charge in [0.2, 0.25) is 0 Å². The minimum Gasteiger partial charge on any atom is -0.483 e. The highest BCUT2D eigenvalue weighted by Crippen LogP contribution is 2.28. The topological polar surface area (TPSA) is 58.6 Å². The van der Waals surface area contributed by atoms with Crippen molar-refractivity contribution in [3.8, 4) is 5.75 Å². The monoisotopic (exact) mass is 426 g/mol. The Bertz CT molecular complexity index is 1150. The first-order valence-corrected chi connectivity index (χ1v) is 9.44. The second kappa shape index (κ2) is 8.51. The van der Waals surface area contributed by atoms with Gasteiger partial charge >= 0.3 is 0 Å². The number of fused-ring (bicyclic) bond motifs is 1. The number of nitrogens with one attached hydrogen (secondary N) is 1. The molecular formula is C23H17F3N2O3. The lowest BCUT2D eigenvalue weighted by atomic mass is 10.1. The van der Waals surface area contributed by atoms with Gasteiger partial charge in [-0.1, -0.05) is 24.3 Å². The van der Waals surface area contributed by atoms with Gasteiger partial charge in [-0.3, -0.25) is 9.59 Å². The number of nitrogens with zero attached hydrogens (tertiary/aromatic N) is 1. The Balaban J connectivity index is 1.57. The van der Waals surface area contributed by atoms with Crippen LogP contribution in [0.1, 0.15) is 21.5 Å². The standard InChI is InChI=1S/C23H17F3N2O3/c24-17-5-2-1-4-14(17)11-28-12-15-10-16(8-9-20(15)31-13-21(28)29)27-23(30)22-18(25)6-3-7-19(22)26/h1-10H,11-13H2,(H,27,30). The normalized spacial score (nSPS) is 13.3. The van der Waals surface area contributed by atoms with Gasteiger partial charge in [0.1, 0.15) is 28.8 Å². The van der Waals surface area contributed by atoms with E-state index < -0.39 is 28.9 Å². The molecule has 0 saturated carbocycles. The number of anilines is 1. The fraction of sp³-hybridized carbons (Fsp3) is 0.130. The second-order valence-electron chi connectivity index (χ2n) is 7.00. The van der Waals surface area contributed by atoms with Crippen LogP contribution in [-0.4, -0.2) is 23.3 Å².